The molecule has 2 aliphatic rings. The Balaban J connectivity index is 0.000000707. The number of esters is 1. The molecule has 0 aromatic carbocycles. The zero-order valence-electron chi connectivity index (χ0n) is 22.3. The summed E-state index contributed by atoms with van der Waals surface area (Å²) in [7, 11) is 1.00. The normalized spacial score (nSPS) is 20.0. The van der Waals surface area contributed by atoms with Crippen molar-refractivity contribution in [1.82, 2.24) is 0 Å². The van der Waals surface area contributed by atoms with Crippen molar-refractivity contribution in [2.24, 2.45) is 0 Å². The van der Waals surface area contributed by atoms with E-state index in [-0.39, 0.29) is 24.3 Å². The van der Waals surface area contributed by atoms with Gasteiger partial charge in [0.1, 0.15) is 12.4 Å². The number of fused-ring (bicyclic) bond motifs is 1. The maximum atomic E-state index is 11.8. The maximum absolute atomic E-state index is 11.8. The molecule has 0 aromatic rings. The fraction of sp³-hybridized carbons (Fsp3) is 0.793. The van der Waals surface area contributed by atoms with Gasteiger partial charge in [0.05, 0.1) is 12.7 Å². The SMILES string of the molecule is C=CCCCCCCCCC(=O)OC1COC2CCOC21.C=CCCCCCCCCC=O.CO. The first-order valence-corrected chi connectivity index (χ1v) is 13.8. The molecule has 0 spiro atoms. The minimum atomic E-state index is -0.191. The molecule has 204 valence electrons. The van der Waals surface area contributed by atoms with E-state index in [9.17, 15) is 9.59 Å². The first-order valence-electron chi connectivity index (χ1n) is 13.8. The van der Waals surface area contributed by atoms with E-state index in [1.165, 1.54) is 57.8 Å². The van der Waals surface area contributed by atoms with E-state index in [1.807, 2.05) is 12.2 Å². The molecule has 35 heavy (non-hydrogen) atoms. The van der Waals surface area contributed by atoms with Crippen LogP contribution in [0.2, 0.25) is 0 Å². The standard InChI is InChI=1S/C17H28O4.C11H20O.CH4O/c1-2-3-4-5-6-7-8-9-10-16(18)21-15-13-20-14-11-12-19-17(14)15;1-2-3-4-5-6-7-8-9-10-11-12;1-2/h2,14-15,17H,1,3-13H2;2,11H,1,3-10H2;2H,1H3. The van der Waals surface area contributed by atoms with Gasteiger partial charge in [-0.1, -0.05) is 63.5 Å². The highest BCUT2D eigenvalue weighted by atomic mass is 16.6. The van der Waals surface area contributed by atoms with Crippen molar-refractivity contribution in [3.05, 3.63) is 25.3 Å². The molecule has 0 amide bonds. The second-order valence-corrected chi connectivity index (χ2v) is 9.13. The van der Waals surface area contributed by atoms with Crippen molar-refractivity contribution in [2.45, 2.75) is 127 Å². The van der Waals surface area contributed by atoms with Gasteiger partial charge in [0.25, 0.3) is 0 Å². The first-order chi connectivity index (χ1) is 17.2. The van der Waals surface area contributed by atoms with Gasteiger partial charge in [-0.3, -0.25) is 4.79 Å². The minimum Gasteiger partial charge on any atom is -0.457 e. The predicted molar refractivity (Wildman–Crippen MR) is 142 cm³/mol. The van der Waals surface area contributed by atoms with E-state index in [0.29, 0.717) is 13.0 Å². The van der Waals surface area contributed by atoms with E-state index in [2.05, 4.69) is 13.2 Å². The molecule has 1 N–H and O–H groups in total. The first kappa shape index (κ1) is 33.5. The molecule has 0 saturated carbocycles. The number of allylic oxidation sites excluding steroid dienone is 2. The number of aldehydes is 1. The highest BCUT2D eigenvalue weighted by Crippen LogP contribution is 2.28. The predicted octanol–water partition coefficient (Wildman–Crippen LogP) is 6.49. The van der Waals surface area contributed by atoms with Gasteiger partial charge in [0, 0.05) is 26.6 Å². The molecule has 2 saturated heterocycles. The zero-order valence-corrected chi connectivity index (χ0v) is 22.3. The summed E-state index contributed by atoms with van der Waals surface area (Å²) in [4.78, 5) is 21.8. The fourth-order valence-electron chi connectivity index (χ4n) is 4.25. The highest BCUT2D eigenvalue weighted by Gasteiger charge is 2.43. The summed E-state index contributed by atoms with van der Waals surface area (Å²) in [5.74, 6) is -0.105. The molecule has 6 nitrogen and oxygen atoms in total. The third-order valence-corrected chi connectivity index (χ3v) is 6.22. The number of carbonyl (C=O) groups excluding carboxylic acids is 2. The summed E-state index contributed by atoms with van der Waals surface area (Å²) >= 11 is 0. The van der Waals surface area contributed by atoms with Gasteiger partial charge in [0.15, 0.2) is 6.10 Å². The van der Waals surface area contributed by atoms with Crippen LogP contribution >= 0.6 is 0 Å². The number of hydrogen-bond donors (Lipinski definition) is 1. The van der Waals surface area contributed by atoms with Gasteiger partial charge in [-0.2, -0.15) is 0 Å². The molecule has 2 fully saturated rings. The van der Waals surface area contributed by atoms with Gasteiger partial charge < -0.3 is 24.1 Å². The van der Waals surface area contributed by atoms with Crippen LogP contribution in [0.4, 0.5) is 0 Å². The zero-order chi connectivity index (χ0) is 26.0. The number of aliphatic hydroxyl groups excluding tert-OH is 1. The summed E-state index contributed by atoms with van der Waals surface area (Å²) in [5.41, 5.74) is 0. The summed E-state index contributed by atoms with van der Waals surface area (Å²) in [6.07, 6.45) is 23.8. The van der Waals surface area contributed by atoms with Crippen LogP contribution in [0.5, 0.6) is 0 Å². The van der Waals surface area contributed by atoms with Gasteiger partial charge >= 0.3 is 5.97 Å². The summed E-state index contributed by atoms with van der Waals surface area (Å²) in [6.45, 7) is 8.61. The molecule has 0 aromatic heterocycles. The number of aliphatic hydroxyl groups is 1. The molecular weight excluding hydrogens is 444 g/mol. The molecule has 2 rings (SSSR count). The highest BCUT2D eigenvalue weighted by molar-refractivity contribution is 5.69. The van der Waals surface area contributed by atoms with Gasteiger partial charge in [-0.15, -0.1) is 13.2 Å². The Hall–Kier alpha value is -1.50. The molecule has 2 aliphatic heterocycles. The van der Waals surface area contributed by atoms with Crippen molar-refractivity contribution < 1.29 is 28.9 Å². The topological polar surface area (TPSA) is 82.1 Å². The second kappa shape index (κ2) is 25.6. The Labute approximate surface area is 214 Å². The Kier molecular flexibility index (Phi) is 24.5. The van der Waals surface area contributed by atoms with Crippen LogP contribution in [0.3, 0.4) is 0 Å². The van der Waals surface area contributed by atoms with Crippen molar-refractivity contribution in [3.8, 4) is 0 Å². The van der Waals surface area contributed by atoms with Crippen LogP contribution in [0.25, 0.3) is 0 Å². The Morgan fingerprint density at radius 2 is 1.34 bits per heavy atom. The van der Waals surface area contributed by atoms with E-state index in [4.69, 9.17) is 19.3 Å². The molecule has 2 heterocycles. The molecular formula is C29H52O6. The monoisotopic (exact) mass is 496 g/mol. The van der Waals surface area contributed by atoms with Crippen LogP contribution in [0.15, 0.2) is 25.3 Å². The third kappa shape index (κ3) is 18.4. The summed E-state index contributed by atoms with van der Waals surface area (Å²) < 4.78 is 16.6. The van der Waals surface area contributed by atoms with E-state index in [0.717, 1.165) is 64.9 Å². The smallest absolute Gasteiger partial charge is 0.306 e. The van der Waals surface area contributed by atoms with Crippen LogP contribution in [-0.2, 0) is 23.8 Å². The van der Waals surface area contributed by atoms with E-state index < -0.39 is 0 Å². The minimum absolute atomic E-state index is 0.0289. The van der Waals surface area contributed by atoms with Crippen LogP contribution in [-0.4, -0.2) is 56.0 Å². The number of rotatable bonds is 19. The summed E-state index contributed by atoms with van der Waals surface area (Å²) in [6, 6.07) is 0. The number of ether oxygens (including phenoxy) is 3. The van der Waals surface area contributed by atoms with E-state index >= 15 is 0 Å². The van der Waals surface area contributed by atoms with Crippen molar-refractivity contribution in [1.29, 1.82) is 0 Å². The lowest BCUT2D eigenvalue weighted by Gasteiger charge is -2.16. The van der Waals surface area contributed by atoms with Crippen LogP contribution in [0, 0.1) is 0 Å². The number of carbonyl (C=O) groups is 2. The van der Waals surface area contributed by atoms with Crippen molar-refractivity contribution >= 4 is 12.3 Å². The van der Waals surface area contributed by atoms with Crippen molar-refractivity contribution in [2.75, 3.05) is 20.3 Å². The Morgan fingerprint density at radius 1 is 0.829 bits per heavy atom. The van der Waals surface area contributed by atoms with Gasteiger partial charge in [-0.25, -0.2) is 0 Å². The molecule has 0 radical (unpaired) electrons. The molecule has 0 bridgehead atoms. The van der Waals surface area contributed by atoms with Gasteiger partial charge in [-0.05, 0) is 44.9 Å². The lowest BCUT2D eigenvalue weighted by atomic mass is 10.1. The summed E-state index contributed by atoms with van der Waals surface area (Å²) in [5, 5.41) is 7.00. The average molecular weight is 497 g/mol. The molecule has 0 aliphatic carbocycles. The van der Waals surface area contributed by atoms with Crippen LogP contribution in [0.1, 0.15) is 109 Å². The molecule has 3 unspecified atom stereocenters. The average Bonchev–Trinajstić information content (AvgIpc) is 3.49. The largest absolute Gasteiger partial charge is 0.457 e. The number of hydrogen-bond acceptors (Lipinski definition) is 6. The maximum Gasteiger partial charge on any atom is 0.306 e. The van der Waals surface area contributed by atoms with E-state index in [1.54, 1.807) is 0 Å². The Morgan fingerprint density at radius 3 is 1.89 bits per heavy atom. The third-order valence-electron chi connectivity index (χ3n) is 6.22. The Bertz CT molecular complexity index is 507. The molecule has 3 atom stereocenters. The van der Waals surface area contributed by atoms with Crippen LogP contribution < -0.4 is 0 Å². The molecule has 6 heteroatoms. The lowest BCUT2D eigenvalue weighted by molar-refractivity contribution is -0.153. The number of unbranched alkanes of at least 4 members (excludes halogenated alkanes) is 13. The quantitative estimate of drug-likeness (QED) is 0.0952. The fourth-order valence-corrected chi connectivity index (χ4v) is 4.25. The van der Waals surface area contributed by atoms with Gasteiger partial charge in [0.2, 0.25) is 0 Å². The van der Waals surface area contributed by atoms with Crippen molar-refractivity contribution in [3.63, 3.8) is 0 Å². The second-order valence-electron chi connectivity index (χ2n) is 9.13. The lowest BCUT2D eigenvalue weighted by Crippen LogP contribution is -2.32.